The zero-order chi connectivity index (χ0) is 20.0. The lowest BCUT2D eigenvalue weighted by atomic mass is 10.2. The molecule has 2 aromatic carbocycles. The Balaban J connectivity index is 0.00000300. The number of carbonyl (C=O) groups excluding carboxylic acids is 1. The fraction of sp³-hybridized carbons (Fsp3) is 0. The molecule has 0 bridgehead atoms. The number of halogens is 1. The van der Waals surface area contributed by atoms with Gasteiger partial charge in [-0.2, -0.15) is 5.10 Å². The van der Waals surface area contributed by atoms with E-state index in [1.165, 1.54) is 18.3 Å². The highest BCUT2D eigenvalue weighted by molar-refractivity contribution is 7.89. The van der Waals surface area contributed by atoms with E-state index >= 15 is 0 Å². The molecule has 1 heterocycles. The number of ether oxygens (including phenoxy) is 1. The minimum atomic E-state index is -3.72. The van der Waals surface area contributed by atoms with Gasteiger partial charge in [0.2, 0.25) is 10.0 Å². The number of esters is 1. The monoisotopic (exact) mass is 432 g/mol. The zero-order valence-corrected chi connectivity index (χ0v) is 16.6. The number of carbonyl (C=O) groups is 1. The molecule has 3 aromatic rings. The standard InChI is InChI=1S/C19H16N4O4S.ClH/c20-28(25,26)18-9-5-16(6-10-18)23-22-12-14-3-7-17(8-4-14)27-19(24)15-2-1-11-21-13-15;/h1-13,23H,(H2,20,25,26);1H. The first-order valence-corrected chi connectivity index (χ1v) is 9.61. The van der Waals surface area contributed by atoms with Crippen LogP contribution in [0.4, 0.5) is 5.69 Å². The van der Waals surface area contributed by atoms with Gasteiger partial charge in [0.25, 0.3) is 0 Å². The normalized spacial score (nSPS) is 10.9. The number of hydrogen-bond donors (Lipinski definition) is 2. The molecular formula is C19H17ClN4O4S. The number of nitrogens with one attached hydrogen (secondary N) is 1. The quantitative estimate of drug-likeness (QED) is 0.267. The van der Waals surface area contributed by atoms with Crippen LogP contribution in [0.5, 0.6) is 5.75 Å². The third-order valence-electron chi connectivity index (χ3n) is 3.58. The van der Waals surface area contributed by atoms with E-state index in [-0.39, 0.29) is 17.3 Å². The average Bonchev–Trinajstić information content (AvgIpc) is 2.70. The zero-order valence-electron chi connectivity index (χ0n) is 14.9. The number of hydrogen-bond acceptors (Lipinski definition) is 7. The lowest BCUT2D eigenvalue weighted by Crippen LogP contribution is -2.11. The molecule has 1 aromatic heterocycles. The summed E-state index contributed by atoms with van der Waals surface area (Å²) in [6.07, 6.45) is 4.58. The van der Waals surface area contributed by atoms with Gasteiger partial charge in [0.15, 0.2) is 0 Å². The molecule has 150 valence electrons. The molecule has 0 spiro atoms. The summed E-state index contributed by atoms with van der Waals surface area (Å²) in [5, 5.41) is 9.12. The van der Waals surface area contributed by atoms with Crippen LogP contribution in [-0.2, 0) is 10.0 Å². The number of rotatable bonds is 6. The molecular weight excluding hydrogens is 416 g/mol. The van der Waals surface area contributed by atoms with Gasteiger partial charge in [0.05, 0.1) is 22.4 Å². The van der Waals surface area contributed by atoms with E-state index in [1.807, 2.05) is 0 Å². The lowest BCUT2D eigenvalue weighted by molar-refractivity contribution is 0.0734. The Morgan fingerprint density at radius 3 is 2.34 bits per heavy atom. The second-order valence-electron chi connectivity index (χ2n) is 5.64. The summed E-state index contributed by atoms with van der Waals surface area (Å²) < 4.78 is 27.7. The van der Waals surface area contributed by atoms with Crippen LogP contribution >= 0.6 is 12.4 Å². The Labute approximate surface area is 173 Å². The maximum atomic E-state index is 12.0. The van der Waals surface area contributed by atoms with Gasteiger partial charge in [-0.15, -0.1) is 12.4 Å². The predicted molar refractivity (Wildman–Crippen MR) is 112 cm³/mol. The predicted octanol–water partition coefficient (Wildman–Crippen LogP) is 2.82. The number of anilines is 1. The van der Waals surface area contributed by atoms with Crippen LogP contribution in [0, 0.1) is 0 Å². The molecule has 8 nitrogen and oxygen atoms in total. The molecule has 0 aliphatic rings. The maximum Gasteiger partial charge on any atom is 0.345 e. The summed E-state index contributed by atoms with van der Waals surface area (Å²) in [6.45, 7) is 0. The van der Waals surface area contributed by atoms with E-state index in [2.05, 4.69) is 15.5 Å². The highest BCUT2D eigenvalue weighted by atomic mass is 35.5. The van der Waals surface area contributed by atoms with Gasteiger partial charge in [0.1, 0.15) is 5.75 Å². The van der Waals surface area contributed by atoms with Crippen LogP contribution in [-0.4, -0.2) is 25.6 Å². The van der Waals surface area contributed by atoms with Gasteiger partial charge in [0, 0.05) is 12.4 Å². The van der Waals surface area contributed by atoms with Crippen molar-refractivity contribution in [1.82, 2.24) is 4.98 Å². The second kappa shape index (κ2) is 9.78. The summed E-state index contributed by atoms with van der Waals surface area (Å²) in [5.74, 6) is -0.0864. The summed E-state index contributed by atoms with van der Waals surface area (Å²) in [4.78, 5) is 15.9. The number of benzene rings is 2. The lowest BCUT2D eigenvalue weighted by Gasteiger charge is -2.04. The Bertz CT molecular complexity index is 1090. The highest BCUT2D eigenvalue weighted by Crippen LogP contribution is 2.14. The van der Waals surface area contributed by atoms with Gasteiger partial charge in [-0.3, -0.25) is 10.4 Å². The number of hydrazone groups is 1. The van der Waals surface area contributed by atoms with Gasteiger partial charge in [-0.25, -0.2) is 18.4 Å². The maximum absolute atomic E-state index is 12.0. The summed E-state index contributed by atoms with van der Waals surface area (Å²) in [6, 6.07) is 15.9. The van der Waals surface area contributed by atoms with E-state index in [0.29, 0.717) is 17.0 Å². The first kappa shape index (κ1) is 22.0. The van der Waals surface area contributed by atoms with Crippen molar-refractivity contribution >= 4 is 40.3 Å². The minimum absolute atomic E-state index is 0. The number of primary sulfonamides is 1. The number of pyridine rings is 1. The summed E-state index contributed by atoms with van der Waals surface area (Å²) in [5.41, 5.74) is 4.52. The van der Waals surface area contributed by atoms with E-state index in [4.69, 9.17) is 9.88 Å². The molecule has 10 heteroatoms. The number of nitrogens with zero attached hydrogens (tertiary/aromatic N) is 2. The van der Waals surface area contributed by atoms with Crippen molar-refractivity contribution in [3.05, 3.63) is 84.2 Å². The molecule has 29 heavy (non-hydrogen) atoms. The molecule has 0 aliphatic carbocycles. The average molecular weight is 433 g/mol. The number of nitrogens with two attached hydrogens (primary N) is 1. The molecule has 0 atom stereocenters. The molecule has 0 amide bonds. The third-order valence-corrected chi connectivity index (χ3v) is 4.51. The van der Waals surface area contributed by atoms with Crippen molar-refractivity contribution in [3.63, 3.8) is 0 Å². The van der Waals surface area contributed by atoms with Crippen LogP contribution in [0.3, 0.4) is 0 Å². The van der Waals surface area contributed by atoms with Crippen molar-refractivity contribution in [2.24, 2.45) is 10.2 Å². The SMILES string of the molecule is Cl.NS(=O)(=O)c1ccc(NN=Cc2ccc(OC(=O)c3cccnc3)cc2)cc1. The third kappa shape index (κ3) is 6.39. The summed E-state index contributed by atoms with van der Waals surface area (Å²) in [7, 11) is -3.72. The van der Waals surface area contributed by atoms with Crippen molar-refractivity contribution < 1.29 is 17.9 Å². The molecule has 3 rings (SSSR count). The van der Waals surface area contributed by atoms with Gasteiger partial charge >= 0.3 is 5.97 Å². The minimum Gasteiger partial charge on any atom is -0.423 e. The highest BCUT2D eigenvalue weighted by Gasteiger charge is 2.08. The first-order chi connectivity index (χ1) is 13.4. The van der Waals surface area contributed by atoms with Gasteiger partial charge in [-0.05, 0) is 66.2 Å². The van der Waals surface area contributed by atoms with E-state index in [1.54, 1.807) is 60.9 Å². The van der Waals surface area contributed by atoms with Crippen LogP contribution in [0.1, 0.15) is 15.9 Å². The van der Waals surface area contributed by atoms with Crippen LogP contribution in [0.15, 0.2) is 83.1 Å². The Hall–Kier alpha value is -3.27. The van der Waals surface area contributed by atoms with Crippen LogP contribution in [0.2, 0.25) is 0 Å². The van der Waals surface area contributed by atoms with Crippen molar-refractivity contribution in [1.29, 1.82) is 0 Å². The second-order valence-corrected chi connectivity index (χ2v) is 7.20. The Morgan fingerprint density at radius 1 is 1.07 bits per heavy atom. The molecule has 0 unspecified atom stereocenters. The molecule has 3 N–H and O–H groups in total. The molecule has 0 saturated carbocycles. The molecule has 0 fully saturated rings. The largest absolute Gasteiger partial charge is 0.423 e. The fourth-order valence-electron chi connectivity index (χ4n) is 2.17. The van der Waals surface area contributed by atoms with Gasteiger partial charge in [-0.1, -0.05) is 0 Å². The number of aromatic nitrogens is 1. The van der Waals surface area contributed by atoms with Gasteiger partial charge < -0.3 is 4.74 Å². The molecule has 0 aliphatic heterocycles. The molecule has 0 saturated heterocycles. The first-order valence-electron chi connectivity index (χ1n) is 8.06. The van der Waals surface area contributed by atoms with Crippen molar-refractivity contribution in [3.8, 4) is 5.75 Å². The Morgan fingerprint density at radius 2 is 1.76 bits per heavy atom. The van der Waals surface area contributed by atoms with E-state index < -0.39 is 16.0 Å². The van der Waals surface area contributed by atoms with Crippen molar-refractivity contribution in [2.75, 3.05) is 5.43 Å². The van der Waals surface area contributed by atoms with E-state index in [0.717, 1.165) is 5.56 Å². The smallest absolute Gasteiger partial charge is 0.345 e. The summed E-state index contributed by atoms with van der Waals surface area (Å²) >= 11 is 0. The fourth-order valence-corrected chi connectivity index (χ4v) is 2.69. The number of sulfonamides is 1. The topological polar surface area (TPSA) is 124 Å². The Kier molecular flexibility index (Phi) is 7.43. The van der Waals surface area contributed by atoms with E-state index in [9.17, 15) is 13.2 Å². The van der Waals surface area contributed by atoms with Crippen LogP contribution in [0.25, 0.3) is 0 Å². The molecule has 0 radical (unpaired) electrons. The van der Waals surface area contributed by atoms with Crippen molar-refractivity contribution in [2.45, 2.75) is 4.90 Å². The van der Waals surface area contributed by atoms with Crippen LogP contribution < -0.4 is 15.3 Å².